The molecule has 4 aromatic rings. The van der Waals surface area contributed by atoms with Crippen LogP contribution in [-0.2, 0) is 14.8 Å². The number of hydrogen-bond acceptors (Lipinski definition) is 6. The molecule has 3 aromatic carbocycles. The number of sulfonamides is 1. The minimum Gasteiger partial charge on any atom is -0.493 e. The SMILES string of the molecule is COc1ccc(S(=O)(=O)N(CC(=O)N/N=C\c2cc(C)n(-c3cccc(Cl)c3Cl)c2C)c2cc(C)cc(C)c2)cc1OC. The van der Waals surface area contributed by atoms with Gasteiger partial charge in [0.15, 0.2) is 11.5 Å². The summed E-state index contributed by atoms with van der Waals surface area (Å²) >= 11 is 12.7. The van der Waals surface area contributed by atoms with Gasteiger partial charge in [0.2, 0.25) is 0 Å². The fourth-order valence-corrected chi connectivity index (χ4v) is 6.61. The molecule has 1 N–H and O–H groups in total. The zero-order valence-electron chi connectivity index (χ0n) is 24.6. The van der Waals surface area contributed by atoms with E-state index in [0.717, 1.165) is 38.1 Å². The van der Waals surface area contributed by atoms with Crippen molar-refractivity contribution in [3.05, 3.63) is 98.8 Å². The fraction of sp³-hybridized carbons (Fsp3) is 0.226. The minimum absolute atomic E-state index is 0.0623. The second-order valence-electron chi connectivity index (χ2n) is 9.90. The first-order chi connectivity index (χ1) is 20.4. The molecule has 1 amide bonds. The normalized spacial score (nSPS) is 11.5. The van der Waals surface area contributed by atoms with Crippen LogP contribution in [0.4, 0.5) is 5.69 Å². The number of anilines is 1. The minimum atomic E-state index is -4.21. The van der Waals surface area contributed by atoms with E-state index in [9.17, 15) is 13.2 Å². The number of carbonyl (C=O) groups is 1. The molecule has 0 aliphatic rings. The number of amides is 1. The first-order valence-electron chi connectivity index (χ1n) is 13.2. The molecule has 0 saturated carbocycles. The van der Waals surface area contributed by atoms with E-state index in [4.69, 9.17) is 32.7 Å². The van der Waals surface area contributed by atoms with Crippen molar-refractivity contribution in [3.63, 3.8) is 0 Å². The standard InChI is InChI=1S/C31H32Cl2N4O5S/c1-19-12-20(2)14-24(13-19)36(43(39,40)25-10-11-28(41-5)29(16-25)42-6)18-30(38)35-34-17-23-15-21(3)37(22(23)4)27-9-7-8-26(32)31(27)33/h7-17H,18H2,1-6H3,(H,35,38)/b34-17-. The number of aryl methyl sites for hydroxylation is 3. The van der Waals surface area contributed by atoms with Gasteiger partial charge in [0.05, 0.1) is 46.7 Å². The molecular weight excluding hydrogens is 611 g/mol. The molecule has 0 atom stereocenters. The van der Waals surface area contributed by atoms with Crippen molar-refractivity contribution in [1.29, 1.82) is 0 Å². The number of halogens is 2. The Kier molecular flexibility index (Phi) is 9.74. The van der Waals surface area contributed by atoms with Gasteiger partial charge in [-0.15, -0.1) is 0 Å². The monoisotopic (exact) mass is 642 g/mol. The number of carbonyl (C=O) groups excluding carboxylic acids is 1. The molecule has 0 fully saturated rings. The number of nitrogens with one attached hydrogen (secondary N) is 1. The second-order valence-corrected chi connectivity index (χ2v) is 12.5. The molecule has 43 heavy (non-hydrogen) atoms. The lowest BCUT2D eigenvalue weighted by Crippen LogP contribution is -2.39. The molecule has 0 bridgehead atoms. The summed E-state index contributed by atoms with van der Waals surface area (Å²) in [6.07, 6.45) is 1.50. The van der Waals surface area contributed by atoms with Gasteiger partial charge in [0.25, 0.3) is 15.9 Å². The largest absolute Gasteiger partial charge is 0.493 e. The van der Waals surface area contributed by atoms with Crippen molar-refractivity contribution in [2.24, 2.45) is 5.10 Å². The lowest BCUT2D eigenvalue weighted by atomic mass is 10.1. The molecule has 0 unspecified atom stereocenters. The summed E-state index contributed by atoms with van der Waals surface area (Å²) in [5.41, 5.74) is 7.66. The van der Waals surface area contributed by atoms with E-state index >= 15 is 0 Å². The Balaban J connectivity index is 1.62. The molecule has 1 heterocycles. The van der Waals surface area contributed by atoms with Gasteiger partial charge in [-0.05, 0) is 81.3 Å². The number of nitrogens with zero attached hydrogens (tertiary/aromatic N) is 3. The highest BCUT2D eigenvalue weighted by molar-refractivity contribution is 7.92. The van der Waals surface area contributed by atoms with Crippen LogP contribution < -0.4 is 19.2 Å². The van der Waals surface area contributed by atoms with Crippen molar-refractivity contribution < 1.29 is 22.7 Å². The van der Waals surface area contributed by atoms with Gasteiger partial charge in [-0.25, -0.2) is 13.8 Å². The first-order valence-corrected chi connectivity index (χ1v) is 15.3. The second kappa shape index (κ2) is 13.1. The maximum Gasteiger partial charge on any atom is 0.264 e. The molecule has 0 aliphatic carbocycles. The predicted molar refractivity (Wildman–Crippen MR) is 171 cm³/mol. The summed E-state index contributed by atoms with van der Waals surface area (Å²) in [5, 5.41) is 4.98. The lowest BCUT2D eigenvalue weighted by molar-refractivity contribution is -0.119. The van der Waals surface area contributed by atoms with Crippen molar-refractivity contribution in [1.82, 2.24) is 9.99 Å². The van der Waals surface area contributed by atoms with Gasteiger partial charge in [0, 0.05) is 23.0 Å². The molecule has 4 rings (SSSR count). The highest BCUT2D eigenvalue weighted by atomic mass is 35.5. The zero-order valence-corrected chi connectivity index (χ0v) is 26.9. The van der Waals surface area contributed by atoms with Crippen LogP contribution >= 0.6 is 23.2 Å². The maximum atomic E-state index is 13.9. The quantitative estimate of drug-likeness (QED) is 0.160. The molecule has 0 saturated heterocycles. The van der Waals surface area contributed by atoms with E-state index < -0.39 is 22.5 Å². The number of rotatable bonds is 10. The third-order valence-corrected chi connectivity index (χ3v) is 9.34. The molecular formula is C31H32Cl2N4O5S. The first kappa shape index (κ1) is 31.9. The predicted octanol–water partition coefficient (Wildman–Crippen LogP) is 6.38. The van der Waals surface area contributed by atoms with Gasteiger partial charge in [-0.1, -0.05) is 35.3 Å². The molecule has 0 spiro atoms. The summed E-state index contributed by atoms with van der Waals surface area (Å²) in [6.45, 7) is 7.00. The average molecular weight is 644 g/mol. The number of methoxy groups -OCH3 is 2. The lowest BCUT2D eigenvalue weighted by Gasteiger charge is -2.25. The Bertz CT molecular complexity index is 1800. The summed E-state index contributed by atoms with van der Waals surface area (Å²) < 4.78 is 41.4. The summed E-state index contributed by atoms with van der Waals surface area (Å²) in [4.78, 5) is 13.1. The van der Waals surface area contributed by atoms with Crippen LogP contribution in [0.5, 0.6) is 11.5 Å². The van der Waals surface area contributed by atoms with Gasteiger partial charge in [-0.3, -0.25) is 9.10 Å². The third-order valence-electron chi connectivity index (χ3n) is 6.76. The van der Waals surface area contributed by atoms with E-state index in [1.165, 1.54) is 38.6 Å². The van der Waals surface area contributed by atoms with Crippen molar-refractivity contribution in [3.8, 4) is 17.2 Å². The van der Waals surface area contributed by atoms with E-state index in [1.807, 2.05) is 56.5 Å². The van der Waals surface area contributed by atoms with E-state index in [2.05, 4.69) is 10.5 Å². The summed E-state index contributed by atoms with van der Waals surface area (Å²) in [6, 6.07) is 16.9. The number of benzene rings is 3. The Morgan fingerprint density at radius 1 is 0.953 bits per heavy atom. The third kappa shape index (κ3) is 6.82. The van der Waals surface area contributed by atoms with Crippen LogP contribution in [0.3, 0.4) is 0 Å². The van der Waals surface area contributed by atoms with E-state index in [1.54, 1.807) is 18.2 Å². The molecule has 0 radical (unpaired) electrons. The zero-order chi connectivity index (χ0) is 31.5. The maximum absolute atomic E-state index is 13.9. The van der Waals surface area contributed by atoms with Crippen molar-refractivity contribution >= 4 is 51.0 Å². The summed E-state index contributed by atoms with van der Waals surface area (Å²) in [7, 11) is -1.33. The summed E-state index contributed by atoms with van der Waals surface area (Å²) in [5.74, 6) is -0.00992. The van der Waals surface area contributed by atoms with Gasteiger partial charge in [0.1, 0.15) is 6.54 Å². The van der Waals surface area contributed by atoms with E-state index in [-0.39, 0.29) is 10.6 Å². The molecule has 0 aliphatic heterocycles. The topological polar surface area (TPSA) is 102 Å². The highest BCUT2D eigenvalue weighted by Gasteiger charge is 2.29. The van der Waals surface area contributed by atoms with Crippen LogP contribution in [0, 0.1) is 27.7 Å². The fourth-order valence-electron chi connectivity index (χ4n) is 4.81. The van der Waals surface area contributed by atoms with Gasteiger partial charge in [-0.2, -0.15) is 5.10 Å². The number of ether oxygens (including phenoxy) is 2. The Morgan fingerprint density at radius 3 is 2.28 bits per heavy atom. The van der Waals surface area contributed by atoms with Gasteiger partial charge < -0.3 is 14.0 Å². The molecule has 1 aromatic heterocycles. The van der Waals surface area contributed by atoms with E-state index in [0.29, 0.717) is 21.5 Å². The molecule has 226 valence electrons. The Labute approximate surface area is 261 Å². The smallest absolute Gasteiger partial charge is 0.264 e. The van der Waals surface area contributed by atoms with Crippen LogP contribution in [0.2, 0.25) is 10.0 Å². The van der Waals surface area contributed by atoms with Gasteiger partial charge >= 0.3 is 0 Å². The Morgan fingerprint density at radius 2 is 1.63 bits per heavy atom. The highest BCUT2D eigenvalue weighted by Crippen LogP contribution is 2.33. The van der Waals surface area contributed by atoms with Crippen LogP contribution in [0.1, 0.15) is 28.1 Å². The number of hydrogen-bond donors (Lipinski definition) is 1. The van der Waals surface area contributed by atoms with Crippen molar-refractivity contribution in [2.75, 3.05) is 25.1 Å². The molecule has 9 nitrogen and oxygen atoms in total. The van der Waals surface area contributed by atoms with Crippen LogP contribution in [0.25, 0.3) is 5.69 Å². The number of aromatic nitrogens is 1. The van der Waals surface area contributed by atoms with Crippen molar-refractivity contribution in [2.45, 2.75) is 32.6 Å². The average Bonchev–Trinajstić information content (AvgIpc) is 3.24. The van der Waals surface area contributed by atoms with Crippen LogP contribution in [-0.4, -0.2) is 45.9 Å². The number of hydrazone groups is 1. The molecule has 12 heteroatoms. The Hall–Kier alpha value is -3.99. The van der Waals surface area contributed by atoms with Crippen LogP contribution in [0.15, 0.2) is 70.7 Å².